The molecule has 164 valence electrons. The van der Waals surface area contributed by atoms with Crippen LogP contribution in [0.2, 0.25) is 0 Å². The number of hydrogen-bond acceptors (Lipinski definition) is 3. The fraction of sp³-hybridized carbons (Fsp3) is 0.762. The third-order valence-electron chi connectivity index (χ3n) is 6.11. The first-order chi connectivity index (χ1) is 13.7. The van der Waals surface area contributed by atoms with Crippen LogP contribution >= 0.6 is 24.0 Å². The van der Waals surface area contributed by atoms with E-state index in [4.69, 9.17) is 4.99 Å². The van der Waals surface area contributed by atoms with Crippen molar-refractivity contribution in [1.29, 1.82) is 0 Å². The quantitative estimate of drug-likeness (QED) is 0.264. The van der Waals surface area contributed by atoms with E-state index in [9.17, 15) is 4.79 Å². The molecule has 1 saturated carbocycles. The molecule has 2 heterocycles. The second-order valence-corrected chi connectivity index (χ2v) is 8.15. The molecule has 1 aliphatic carbocycles. The van der Waals surface area contributed by atoms with Gasteiger partial charge in [0.2, 0.25) is 5.91 Å². The predicted octanol–water partition coefficient (Wildman–Crippen LogP) is 3.05. The molecule has 7 nitrogen and oxygen atoms in total. The maximum atomic E-state index is 12.3. The zero-order valence-electron chi connectivity index (χ0n) is 17.8. The van der Waals surface area contributed by atoms with Gasteiger partial charge in [-0.2, -0.15) is 0 Å². The van der Waals surface area contributed by atoms with Gasteiger partial charge in [0, 0.05) is 44.5 Å². The van der Waals surface area contributed by atoms with Crippen LogP contribution in [0.3, 0.4) is 0 Å². The first-order valence-corrected chi connectivity index (χ1v) is 11.0. The number of carbonyl (C=O) groups excluding carboxylic acids is 1. The minimum atomic E-state index is 0. The summed E-state index contributed by atoms with van der Waals surface area (Å²) in [5.74, 6) is 1.99. The van der Waals surface area contributed by atoms with Gasteiger partial charge in [0.15, 0.2) is 5.96 Å². The molecule has 0 radical (unpaired) electrons. The van der Waals surface area contributed by atoms with Crippen LogP contribution in [-0.2, 0) is 4.79 Å². The average molecular weight is 516 g/mol. The smallest absolute Gasteiger partial charge is 0.223 e. The van der Waals surface area contributed by atoms with Crippen LogP contribution in [0.15, 0.2) is 23.7 Å². The normalized spacial score (nSPS) is 23.4. The third kappa shape index (κ3) is 6.86. The Morgan fingerprint density at radius 3 is 2.69 bits per heavy atom. The molecule has 2 aliphatic rings. The molecule has 1 amide bonds. The topological polar surface area (TPSA) is 74.6 Å². The fourth-order valence-corrected chi connectivity index (χ4v) is 4.37. The molecule has 2 N–H and O–H groups in total. The van der Waals surface area contributed by atoms with Crippen LogP contribution in [-0.4, -0.2) is 59.0 Å². The Labute approximate surface area is 192 Å². The summed E-state index contributed by atoms with van der Waals surface area (Å²) in [6.07, 6.45) is 12.7. The van der Waals surface area contributed by atoms with Crippen LogP contribution in [0.5, 0.6) is 0 Å². The summed E-state index contributed by atoms with van der Waals surface area (Å²) in [5, 5.41) is 6.51. The van der Waals surface area contributed by atoms with Crippen molar-refractivity contribution in [2.24, 2.45) is 16.8 Å². The number of guanidine groups is 1. The maximum Gasteiger partial charge on any atom is 0.223 e. The summed E-state index contributed by atoms with van der Waals surface area (Å²) in [6, 6.07) is 0.408. The lowest BCUT2D eigenvalue weighted by Gasteiger charge is -2.39. The van der Waals surface area contributed by atoms with Crippen LogP contribution in [0.1, 0.15) is 58.4 Å². The van der Waals surface area contributed by atoms with Gasteiger partial charge in [0.25, 0.3) is 0 Å². The number of likely N-dealkylation sites (tertiary alicyclic amines) is 1. The highest BCUT2D eigenvalue weighted by Crippen LogP contribution is 2.27. The molecule has 1 aliphatic heterocycles. The number of aromatic nitrogens is 2. The van der Waals surface area contributed by atoms with Crippen molar-refractivity contribution in [2.45, 2.75) is 58.4 Å². The Kier molecular flexibility index (Phi) is 10.2. The van der Waals surface area contributed by atoms with Gasteiger partial charge in [-0.05, 0) is 32.1 Å². The third-order valence-corrected chi connectivity index (χ3v) is 6.11. The average Bonchev–Trinajstić information content (AvgIpc) is 3.26. The monoisotopic (exact) mass is 516 g/mol. The van der Waals surface area contributed by atoms with E-state index < -0.39 is 0 Å². The van der Waals surface area contributed by atoms with Crippen LogP contribution in [0.25, 0.3) is 0 Å². The number of hydrogen-bond donors (Lipinski definition) is 2. The number of nitrogens with one attached hydrogen (secondary N) is 2. The molecule has 0 aromatic carbocycles. The molecule has 2 fully saturated rings. The summed E-state index contributed by atoms with van der Waals surface area (Å²) >= 11 is 0. The van der Waals surface area contributed by atoms with Gasteiger partial charge in [-0.3, -0.25) is 9.79 Å². The van der Waals surface area contributed by atoms with E-state index in [0.717, 1.165) is 44.9 Å². The van der Waals surface area contributed by atoms with Crippen molar-refractivity contribution in [1.82, 2.24) is 25.1 Å². The van der Waals surface area contributed by atoms with Crippen molar-refractivity contribution in [3.05, 3.63) is 18.7 Å². The van der Waals surface area contributed by atoms with E-state index in [1.54, 1.807) is 0 Å². The summed E-state index contributed by atoms with van der Waals surface area (Å²) in [6.45, 7) is 8.41. The van der Waals surface area contributed by atoms with Gasteiger partial charge in [-0.25, -0.2) is 4.98 Å². The zero-order chi connectivity index (χ0) is 19.8. The standard InChI is InChI=1S/C21H36N6O.HI/c1-3-23-21(25-11-10-24-20(28)18-7-5-4-6-8-18)26-13-9-17(2)19(15-26)27-14-12-22-16-27;/h12,14,16-19H,3-11,13,15H2,1-2H3,(H,23,25)(H,24,28);1H. The number of halogens is 1. The van der Waals surface area contributed by atoms with Crippen LogP contribution in [0, 0.1) is 11.8 Å². The van der Waals surface area contributed by atoms with E-state index >= 15 is 0 Å². The number of aliphatic imine (C=N–C) groups is 1. The van der Waals surface area contributed by atoms with Gasteiger partial charge in [0.05, 0.1) is 18.9 Å². The highest BCUT2D eigenvalue weighted by molar-refractivity contribution is 14.0. The number of amides is 1. The Balaban J connectivity index is 0.00000300. The fourth-order valence-electron chi connectivity index (χ4n) is 4.37. The molecule has 8 heteroatoms. The molecule has 1 aromatic heterocycles. The molecule has 2 atom stereocenters. The van der Waals surface area contributed by atoms with E-state index in [-0.39, 0.29) is 35.8 Å². The predicted molar refractivity (Wildman–Crippen MR) is 128 cm³/mol. The Morgan fingerprint density at radius 2 is 2.00 bits per heavy atom. The number of piperidine rings is 1. The number of carbonyl (C=O) groups is 1. The molecule has 1 saturated heterocycles. The lowest BCUT2D eigenvalue weighted by atomic mass is 9.89. The van der Waals surface area contributed by atoms with Gasteiger partial charge in [-0.1, -0.05) is 26.2 Å². The summed E-state index contributed by atoms with van der Waals surface area (Å²) in [5.41, 5.74) is 0. The molecule has 0 spiro atoms. The lowest BCUT2D eigenvalue weighted by molar-refractivity contribution is -0.125. The van der Waals surface area contributed by atoms with Gasteiger partial charge in [0.1, 0.15) is 0 Å². The van der Waals surface area contributed by atoms with Crippen molar-refractivity contribution in [3.63, 3.8) is 0 Å². The van der Waals surface area contributed by atoms with Gasteiger partial charge >= 0.3 is 0 Å². The summed E-state index contributed by atoms with van der Waals surface area (Å²) < 4.78 is 2.21. The van der Waals surface area contributed by atoms with E-state index in [1.807, 2.05) is 12.5 Å². The maximum absolute atomic E-state index is 12.3. The van der Waals surface area contributed by atoms with Gasteiger partial charge in [-0.15, -0.1) is 24.0 Å². The second kappa shape index (κ2) is 12.4. The number of imidazole rings is 1. The van der Waals surface area contributed by atoms with Crippen molar-refractivity contribution < 1.29 is 4.79 Å². The molecule has 3 rings (SSSR count). The molecule has 1 aromatic rings. The molecule has 2 unspecified atom stereocenters. The van der Waals surface area contributed by atoms with Crippen LogP contribution in [0.4, 0.5) is 0 Å². The van der Waals surface area contributed by atoms with E-state index in [2.05, 4.69) is 45.1 Å². The molecule has 0 bridgehead atoms. The molecule has 29 heavy (non-hydrogen) atoms. The minimum Gasteiger partial charge on any atom is -0.357 e. The largest absolute Gasteiger partial charge is 0.357 e. The minimum absolute atomic E-state index is 0. The van der Waals surface area contributed by atoms with Crippen molar-refractivity contribution in [3.8, 4) is 0 Å². The first kappa shape index (κ1) is 24.0. The Morgan fingerprint density at radius 1 is 1.21 bits per heavy atom. The lowest BCUT2D eigenvalue weighted by Crippen LogP contribution is -2.49. The highest BCUT2D eigenvalue weighted by Gasteiger charge is 2.29. The molecular weight excluding hydrogens is 479 g/mol. The summed E-state index contributed by atoms with van der Waals surface area (Å²) in [4.78, 5) is 23.6. The Bertz CT molecular complexity index is 629. The van der Waals surface area contributed by atoms with Crippen molar-refractivity contribution in [2.75, 3.05) is 32.7 Å². The van der Waals surface area contributed by atoms with Gasteiger partial charge < -0.3 is 20.1 Å². The van der Waals surface area contributed by atoms with E-state index in [1.165, 1.54) is 19.3 Å². The van der Waals surface area contributed by atoms with Crippen LogP contribution < -0.4 is 10.6 Å². The SMILES string of the molecule is CCNC(=NCCNC(=O)C1CCCCC1)N1CCC(C)C(n2ccnc2)C1.I. The zero-order valence-corrected chi connectivity index (χ0v) is 20.2. The molecular formula is C21H37IN6O. The second-order valence-electron chi connectivity index (χ2n) is 8.15. The highest BCUT2D eigenvalue weighted by atomic mass is 127. The van der Waals surface area contributed by atoms with Crippen molar-refractivity contribution >= 4 is 35.8 Å². The Hall–Kier alpha value is -1.32. The number of nitrogens with zero attached hydrogens (tertiary/aromatic N) is 4. The van der Waals surface area contributed by atoms with E-state index in [0.29, 0.717) is 25.0 Å². The number of rotatable bonds is 6. The first-order valence-electron chi connectivity index (χ1n) is 11.0. The summed E-state index contributed by atoms with van der Waals surface area (Å²) in [7, 11) is 0.